The van der Waals surface area contributed by atoms with Gasteiger partial charge >= 0.3 is 0 Å². The van der Waals surface area contributed by atoms with Gasteiger partial charge < -0.3 is 5.11 Å². The zero-order chi connectivity index (χ0) is 12.4. The summed E-state index contributed by atoms with van der Waals surface area (Å²) in [5.41, 5.74) is 0.459. The van der Waals surface area contributed by atoms with Crippen molar-refractivity contribution in [2.75, 3.05) is 6.54 Å². The van der Waals surface area contributed by atoms with Crippen LogP contribution in [0.4, 0.5) is 0 Å². The van der Waals surface area contributed by atoms with Crippen LogP contribution in [0, 0.1) is 0 Å². The molecule has 2 amide bonds. The highest BCUT2D eigenvalue weighted by Gasteiger charge is 2.36. The second kappa shape index (κ2) is 4.57. The number of amides is 2. The first-order valence-electron chi connectivity index (χ1n) is 5.85. The molecule has 90 valence electrons. The number of carbonyl (C=O) groups is 2. The molecular formula is C13H15NO3. The normalized spacial score (nSPS) is 14.3. The molecule has 1 aromatic carbocycles. The van der Waals surface area contributed by atoms with Gasteiger partial charge in [0.25, 0.3) is 11.8 Å². The summed E-state index contributed by atoms with van der Waals surface area (Å²) in [5, 5.41) is 9.61. The summed E-state index contributed by atoms with van der Waals surface area (Å²) in [5.74, 6) is -0.782. The molecule has 1 aliphatic rings. The molecule has 0 fully saturated rings. The van der Waals surface area contributed by atoms with Crippen LogP contribution in [0.3, 0.4) is 0 Å². The van der Waals surface area contributed by atoms with Crippen molar-refractivity contribution in [1.29, 1.82) is 0 Å². The smallest absolute Gasteiger partial charge is 0.265 e. The van der Waals surface area contributed by atoms with Gasteiger partial charge in [0, 0.05) is 6.54 Å². The fourth-order valence-corrected chi connectivity index (χ4v) is 2.04. The number of unbranched alkanes of at least 4 members (excludes halogenated alkanes) is 2. The molecule has 2 rings (SSSR count). The van der Waals surface area contributed by atoms with E-state index >= 15 is 0 Å². The number of phenolic OH excluding ortho intramolecular Hbond substituents is 1. The summed E-state index contributed by atoms with van der Waals surface area (Å²) < 4.78 is 0. The van der Waals surface area contributed by atoms with Crippen molar-refractivity contribution in [3.63, 3.8) is 0 Å². The lowest BCUT2D eigenvalue weighted by atomic mass is 10.1. The summed E-state index contributed by atoms with van der Waals surface area (Å²) in [6.45, 7) is 2.49. The van der Waals surface area contributed by atoms with E-state index in [-0.39, 0.29) is 23.1 Å². The van der Waals surface area contributed by atoms with E-state index in [1.807, 2.05) is 0 Å². The zero-order valence-electron chi connectivity index (χ0n) is 9.77. The molecule has 1 heterocycles. The molecule has 0 unspecified atom stereocenters. The molecule has 0 aromatic heterocycles. The van der Waals surface area contributed by atoms with Crippen LogP contribution in [0.5, 0.6) is 5.75 Å². The van der Waals surface area contributed by atoms with Crippen molar-refractivity contribution in [2.45, 2.75) is 26.2 Å². The van der Waals surface area contributed by atoms with Crippen molar-refractivity contribution < 1.29 is 14.7 Å². The topological polar surface area (TPSA) is 57.6 Å². The Hall–Kier alpha value is -1.84. The Morgan fingerprint density at radius 2 is 1.94 bits per heavy atom. The van der Waals surface area contributed by atoms with Crippen LogP contribution >= 0.6 is 0 Å². The van der Waals surface area contributed by atoms with Gasteiger partial charge in [-0.15, -0.1) is 0 Å². The highest BCUT2D eigenvalue weighted by molar-refractivity contribution is 6.22. The summed E-state index contributed by atoms with van der Waals surface area (Å²) in [6, 6.07) is 4.59. The molecule has 1 N–H and O–H groups in total. The second-order valence-corrected chi connectivity index (χ2v) is 4.17. The van der Waals surface area contributed by atoms with Crippen LogP contribution in [0.25, 0.3) is 0 Å². The van der Waals surface area contributed by atoms with E-state index in [1.165, 1.54) is 11.0 Å². The molecule has 0 bridgehead atoms. The van der Waals surface area contributed by atoms with Gasteiger partial charge in [0.1, 0.15) is 5.75 Å². The molecule has 0 radical (unpaired) electrons. The van der Waals surface area contributed by atoms with E-state index < -0.39 is 0 Å². The van der Waals surface area contributed by atoms with Crippen molar-refractivity contribution in [2.24, 2.45) is 0 Å². The maximum absolute atomic E-state index is 12.0. The van der Waals surface area contributed by atoms with Gasteiger partial charge in [-0.05, 0) is 18.6 Å². The van der Waals surface area contributed by atoms with E-state index in [1.54, 1.807) is 12.1 Å². The minimum absolute atomic E-state index is 0.112. The number of hydrogen-bond acceptors (Lipinski definition) is 3. The average molecular weight is 233 g/mol. The molecule has 0 spiro atoms. The standard InChI is InChI=1S/C13H15NO3/c1-2-3-4-8-14-12(16)9-6-5-7-10(15)11(9)13(14)17/h5-7,15H,2-4,8H2,1H3. The second-order valence-electron chi connectivity index (χ2n) is 4.17. The number of imide groups is 1. The van der Waals surface area contributed by atoms with Gasteiger partial charge in [-0.25, -0.2) is 0 Å². The molecule has 17 heavy (non-hydrogen) atoms. The first-order chi connectivity index (χ1) is 8.16. The Labute approximate surface area is 99.9 Å². The molecule has 0 saturated heterocycles. The predicted octanol–water partition coefficient (Wildman–Crippen LogP) is 2.18. The third-order valence-electron chi connectivity index (χ3n) is 2.96. The molecule has 0 aliphatic carbocycles. The van der Waals surface area contributed by atoms with E-state index in [0.29, 0.717) is 12.1 Å². The van der Waals surface area contributed by atoms with Gasteiger partial charge in [-0.1, -0.05) is 25.8 Å². The van der Waals surface area contributed by atoms with Crippen LogP contribution in [0.15, 0.2) is 18.2 Å². The number of benzene rings is 1. The number of aromatic hydroxyl groups is 1. The van der Waals surface area contributed by atoms with Crippen molar-refractivity contribution in [3.8, 4) is 5.75 Å². The molecule has 1 aliphatic heterocycles. The molecule has 4 heteroatoms. The first-order valence-corrected chi connectivity index (χ1v) is 5.85. The minimum Gasteiger partial charge on any atom is -0.507 e. The minimum atomic E-state index is -0.376. The fourth-order valence-electron chi connectivity index (χ4n) is 2.04. The monoisotopic (exact) mass is 233 g/mol. The van der Waals surface area contributed by atoms with E-state index in [0.717, 1.165) is 19.3 Å². The molecule has 0 atom stereocenters. The van der Waals surface area contributed by atoms with E-state index in [4.69, 9.17) is 0 Å². The van der Waals surface area contributed by atoms with Gasteiger partial charge in [-0.2, -0.15) is 0 Å². The maximum Gasteiger partial charge on any atom is 0.265 e. The van der Waals surface area contributed by atoms with Crippen LogP contribution in [0.2, 0.25) is 0 Å². The lowest BCUT2D eigenvalue weighted by Gasteiger charge is -2.12. The SMILES string of the molecule is CCCCCN1C(=O)c2cccc(O)c2C1=O. The summed E-state index contributed by atoms with van der Waals surface area (Å²) in [6.07, 6.45) is 2.83. The number of nitrogens with zero attached hydrogens (tertiary/aromatic N) is 1. The Balaban J connectivity index is 2.24. The number of fused-ring (bicyclic) bond motifs is 1. The van der Waals surface area contributed by atoms with Crippen LogP contribution in [-0.4, -0.2) is 28.4 Å². The predicted molar refractivity (Wildman–Crippen MR) is 63.0 cm³/mol. The van der Waals surface area contributed by atoms with Crippen LogP contribution < -0.4 is 0 Å². The van der Waals surface area contributed by atoms with Crippen molar-refractivity contribution in [1.82, 2.24) is 4.90 Å². The van der Waals surface area contributed by atoms with Crippen molar-refractivity contribution in [3.05, 3.63) is 29.3 Å². The Morgan fingerprint density at radius 3 is 2.59 bits per heavy atom. The van der Waals surface area contributed by atoms with Gasteiger partial charge in [0.05, 0.1) is 11.1 Å². The Kier molecular flexibility index (Phi) is 3.13. The summed E-state index contributed by atoms with van der Waals surface area (Å²) in [4.78, 5) is 25.1. The van der Waals surface area contributed by atoms with E-state index in [2.05, 4.69) is 6.92 Å². The first kappa shape index (κ1) is 11.6. The molecular weight excluding hydrogens is 218 g/mol. The number of hydrogen-bond donors (Lipinski definition) is 1. The number of rotatable bonds is 4. The largest absolute Gasteiger partial charge is 0.507 e. The van der Waals surface area contributed by atoms with Gasteiger partial charge in [0.2, 0.25) is 0 Å². The third kappa shape index (κ3) is 1.90. The number of phenols is 1. The highest BCUT2D eigenvalue weighted by atomic mass is 16.3. The lowest BCUT2D eigenvalue weighted by molar-refractivity contribution is 0.0651. The summed E-state index contributed by atoms with van der Waals surface area (Å²) >= 11 is 0. The Bertz CT molecular complexity index is 468. The highest BCUT2D eigenvalue weighted by Crippen LogP contribution is 2.29. The van der Waals surface area contributed by atoms with Crippen molar-refractivity contribution >= 4 is 11.8 Å². The number of carbonyl (C=O) groups excluding carboxylic acids is 2. The van der Waals surface area contributed by atoms with Gasteiger partial charge in [0.15, 0.2) is 0 Å². The summed E-state index contributed by atoms with van der Waals surface area (Å²) in [7, 11) is 0. The maximum atomic E-state index is 12.0. The van der Waals surface area contributed by atoms with Gasteiger partial charge in [-0.3, -0.25) is 14.5 Å². The Morgan fingerprint density at radius 1 is 1.18 bits per heavy atom. The third-order valence-corrected chi connectivity index (χ3v) is 2.96. The van der Waals surface area contributed by atoms with Crippen LogP contribution in [-0.2, 0) is 0 Å². The fraction of sp³-hybridized carbons (Fsp3) is 0.385. The molecule has 1 aromatic rings. The lowest BCUT2D eigenvalue weighted by Crippen LogP contribution is -2.30. The average Bonchev–Trinajstić information content (AvgIpc) is 2.55. The molecule has 0 saturated carbocycles. The van der Waals surface area contributed by atoms with E-state index in [9.17, 15) is 14.7 Å². The molecule has 4 nitrogen and oxygen atoms in total. The van der Waals surface area contributed by atoms with Crippen LogP contribution in [0.1, 0.15) is 46.9 Å². The quantitative estimate of drug-likeness (QED) is 0.640. The zero-order valence-corrected chi connectivity index (χ0v) is 9.77.